The van der Waals surface area contributed by atoms with E-state index in [0.717, 1.165) is 12.8 Å². The lowest BCUT2D eigenvalue weighted by Crippen LogP contribution is -2.45. The molecule has 1 unspecified atom stereocenters. The van der Waals surface area contributed by atoms with E-state index in [9.17, 15) is 9.59 Å². The zero-order chi connectivity index (χ0) is 13.3. The van der Waals surface area contributed by atoms with Gasteiger partial charge >= 0.3 is 0 Å². The first-order chi connectivity index (χ1) is 8.52. The van der Waals surface area contributed by atoms with Gasteiger partial charge in [0.15, 0.2) is 0 Å². The topological polar surface area (TPSA) is 66.6 Å². The molecule has 0 saturated carbocycles. The van der Waals surface area contributed by atoms with Gasteiger partial charge in [-0.05, 0) is 24.3 Å². The third kappa shape index (κ3) is 2.20. The number of likely N-dealkylation sites (N-methyl/N-ethyl adjacent to an activating group) is 1. The van der Waals surface area contributed by atoms with E-state index in [1.807, 2.05) is 0 Å². The molecule has 0 radical (unpaired) electrons. The normalized spacial score (nSPS) is 19.0. The molecule has 1 saturated heterocycles. The molecule has 98 valence electrons. The van der Waals surface area contributed by atoms with Gasteiger partial charge in [-0.2, -0.15) is 0 Å². The molecule has 0 spiro atoms. The number of amides is 2. The highest BCUT2D eigenvalue weighted by molar-refractivity contribution is 7.12. The zero-order valence-electron chi connectivity index (χ0n) is 10.5. The van der Waals surface area contributed by atoms with E-state index >= 15 is 0 Å². The largest absolute Gasteiger partial charge is 0.397 e. The fourth-order valence-corrected chi connectivity index (χ4v) is 2.96. The Morgan fingerprint density at radius 3 is 2.78 bits per heavy atom. The fourth-order valence-electron chi connectivity index (χ4n) is 2.19. The first-order valence-electron chi connectivity index (χ1n) is 5.87. The zero-order valence-corrected chi connectivity index (χ0v) is 11.4. The number of carbonyl (C=O) groups is 2. The smallest absolute Gasteiger partial charge is 0.266 e. The summed E-state index contributed by atoms with van der Waals surface area (Å²) in [7, 11) is 3.42. The van der Waals surface area contributed by atoms with Crippen molar-refractivity contribution in [2.24, 2.45) is 0 Å². The van der Waals surface area contributed by atoms with Gasteiger partial charge < -0.3 is 15.5 Å². The molecular weight excluding hydrogens is 250 g/mol. The molecule has 0 aromatic carbocycles. The first kappa shape index (κ1) is 12.9. The fraction of sp³-hybridized carbons (Fsp3) is 0.500. The van der Waals surface area contributed by atoms with Crippen LogP contribution < -0.4 is 5.73 Å². The van der Waals surface area contributed by atoms with Crippen LogP contribution >= 0.6 is 11.3 Å². The van der Waals surface area contributed by atoms with Crippen molar-refractivity contribution in [3.05, 3.63) is 16.3 Å². The van der Waals surface area contributed by atoms with Crippen LogP contribution in [0, 0.1) is 0 Å². The summed E-state index contributed by atoms with van der Waals surface area (Å²) in [6.45, 7) is 0.625. The minimum Gasteiger partial charge on any atom is -0.397 e. The number of carbonyl (C=O) groups excluding carboxylic acids is 2. The van der Waals surface area contributed by atoms with E-state index in [2.05, 4.69) is 0 Å². The Morgan fingerprint density at radius 1 is 1.50 bits per heavy atom. The molecule has 2 rings (SSSR count). The van der Waals surface area contributed by atoms with Crippen LogP contribution in [0.25, 0.3) is 0 Å². The lowest BCUT2D eigenvalue weighted by atomic mass is 10.2. The van der Waals surface area contributed by atoms with Crippen molar-refractivity contribution in [3.63, 3.8) is 0 Å². The summed E-state index contributed by atoms with van der Waals surface area (Å²) in [6.07, 6.45) is 1.59. The predicted molar refractivity (Wildman–Crippen MR) is 71.5 cm³/mol. The second-order valence-corrected chi connectivity index (χ2v) is 5.51. The second-order valence-electron chi connectivity index (χ2n) is 4.59. The minimum atomic E-state index is -0.339. The number of rotatable bonds is 2. The molecule has 1 aliphatic rings. The average molecular weight is 267 g/mol. The van der Waals surface area contributed by atoms with Gasteiger partial charge in [-0.25, -0.2) is 0 Å². The average Bonchev–Trinajstić information content (AvgIpc) is 2.95. The summed E-state index contributed by atoms with van der Waals surface area (Å²) >= 11 is 1.33. The van der Waals surface area contributed by atoms with Crippen LogP contribution in [-0.2, 0) is 4.79 Å². The van der Waals surface area contributed by atoms with Gasteiger partial charge in [-0.3, -0.25) is 9.59 Å². The Hall–Kier alpha value is -1.56. The van der Waals surface area contributed by atoms with E-state index in [-0.39, 0.29) is 17.9 Å². The number of thiophene rings is 1. The standard InChI is InChI=1S/C12H17N3O2S/c1-14(2)11(16)9-4-3-6-15(9)12(17)10-8(13)5-7-18-10/h5,7,9H,3-4,6,13H2,1-2H3. The summed E-state index contributed by atoms with van der Waals surface area (Å²) in [5, 5.41) is 1.79. The van der Waals surface area contributed by atoms with Crippen molar-refractivity contribution in [3.8, 4) is 0 Å². The maximum absolute atomic E-state index is 12.4. The van der Waals surface area contributed by atoms with Crippen molar-refractivity contribution >= 4 is 28.8 Å². The van der Waals surface area contributed by atoms with E-state index in [4.69, 9.17) is 5.73 Å². The Balaban J connectivity index is 2.20. The Bertz CT molecular complexity index is 470. The minimum absolute atomic E-state index is 0.0176. The van der Waals surface area contributed by atoms with Gasteiger partial charge in [-0.15, -0.1) is 11.3 Å². The number of likely N-dealkylation sites (tertiary alicyclic amines) is 1. The van der Waals surface area contributed by atoms with Crippen LogP contribution in [0.15, 0.2) is 11.4 Å². The van der Waals surface area contributed by atoms with E-state index in [0.29, 0.717) is 17.1 Å². The molecule has 5 nitrogen and oxygen atoms in total. The van der Waals surface area contributed by atoms with Crippen LogP contribution in [0.1, 0.15) is 22.5 Å². The highest BCUT2D eigenvalue weighted by Gasteiger charge is 2.36. The van der Waals surface area contributed by atoms with Crippen molar-refractivity contribution in [1.29, 1.82) is 0 Å². The molecule has 1 aliphatic heterocycles. The molecule has 1 fully saturated rings. The van der Waals surface area contributed by atoms with Gasteiger partial charge in [0, 0.05) is 20.6 Å². The lowest BCUT2D eigenvalue weighted by Gasteiger charge is -2.26. The Kier molecular flexibility index (Phi) is 3.56. The number of nitrogen functional groups attached to an aromatic ring is 1. The van der Waals surface area contributed by atoms with Gasteiger partial charge in [0.1, 0.15) is 10.9 Å². The highest BCUT2D eigenvalue weighted by Crippen LogP contribution is 2.26. The summed E-state index contributed by atoms with van der Waals surface area (Å²) < 4.78 is 0. The Labute approximate surface area is 110 Å². The monoisotopic (exact) mass is 267 g/mol. The summed E-state index contributed by atoms with van der Waals surface area (Å²) in [6, 6.07) is 1.38. The molecule has 2 heterocycles. The summed E-state index contributed by atoms with van der Waals surface area (Å²) in [5.41, 5.74) is 6.25. The lowest BCUT2D eigenvalue weighted by molar-refractivity contribution is -0.132. The Morgan fingerprint density at radius 2 is 2.22 bits per heavy atom. The molecule has 18 heavy (non-hydrogen) atoms. The van der Waals surface area contributed by atoms with E-state index in [1.54, 1.807) is 30.4 Å². The first-order valence-corrected chi connectivity index (χ1v) is 6.75. The van der Waals surface area contributed by atoms with Crippen LogP contribution in [0.2, 0.25) is 0 Å². The molecule has 1 atom stereocenters. The number of nitrogens with zero attached hydrogens (tertiary/aromatic N) is 2. The highest BCUT2D eigenvalue weighted by atomic mass is 32.1. The quantitative estimate of drug-likeness (QED) is 0.870. The number of anilines is 1. The van der Waals surface area contributed by atoms with Gasteiger partial charge in [0.25, 0.3) is 5.91 Å². The molecule has 6 heteroatoms. The van der Waals surface area contributed by atoms with Crippen molar-refractivity contribution < 1.29 is 9.59 Å². The SMILES string of the molecule is CN(C)C(=O)C1CCCN1C(=O)c1sccc1N. The van der Waals surface area contributed by atoms with Gasteiger partial charge in [0.05, 0.1) is 5.69 Å². The summed E-state index contributed by atoms with van der Waals surface area (Å²) in [4.78, 5) is 28.1. The molecule has 2 N–H and O–H groups in total. The van der Waals surface area contributed by atoms with Crippen LogP contribution in [0.5, 0.6) is 0 Å². The predicted octanol–water partition coefficient (Wildman–Crippen LogP) is 1.02. The molecule has 0 aliphatic carbocycles. The van der Waals surface area contributed by atoms with Crippen LogP contribution in [0.3, 0.4) is 0 Å². The third-order valence-electron chi connectivity index (χ3n) is 3.13. The molecule has 1 aromatic heterocycles. The van der Waals surface area contributed by atoms with E-state index < -0.39 is 0 Å². The third-order valence-corrected chi connectivity index (χ3v) is 4.05. The number of hydrogen-bond acceptors (Lipinski definition) is 4. The van der Waals surface area contributed by atoms with Crippen LogP contribution in [-0.4, -0.2) is 48.3 Å². The van der Waals surface area contributed by atoms with Gasteiger partial charge in [-0.1, -0.05) is 0 Å². The number of hydrogen-bond donors (Lipinski definition) is 1. The second kappa shape index (κ2) is 4.97. The molecule has 2 amide bonds. The van der Waals surface area contributed by atoms with Crippen LogP contribution in [0.4, 0.5) is 5.69 Å². The molecular formula is C12H17N3O2S. The van der Waals surface area contributed by atoms with E-state index in [1.165, 1.54) is 16.2 Å². The maximum atomic E-state index is 12.4. The molecule has 0 bridgehead atoms. The summed E-state index contributed by atoms with van der Waals surface area (Å²) in [5.74, 6) is -0.142. The van der Waals surface area contributed by atoms with Crippen molar-refractivity contribution in [2.75, 3.05) is 26.4 Å². The van der Waals surface area contributed by atoms with Crippen molar-refractivity contribution in [2.45, 2.75) is 18.9 Å². The maximum Gasteiger partial charge on any atom is 0.266 e. The van der Waals surface area contributed by atoms with Crippen molar-refractivity contribution in [1.82, 2.24) is 9.80 Å². The number of nitrogens with two attached hydrogens (primary N) is 1. The molecule has 1 aromatic rings. The van der Waals surface area contributed by atoms with Gasteiger partial charge in [0.2, 0.25) is 5.91 Å².